The fourth-order valence-electron chi connectivity index (χ4n) is 1.38. The molecule has 0 radical (unpaired) electrons. The highest BCUT2D eigenvalue weighted by atomic mass is 79.9. The summed E-state index contributed by atoms with van der Waals surface area (Å²) in [6.45, 7) is 5.07. The van der Waals surface area contributed by atoms with Crippen molar-refractivity contribution in [3.8, 4) is 0 Å². The summed E-state index contributed by atoms with van der Waals surface area (Å²) in [5.41, 5.74) is 5.59. The SMILES string of the molecule is CCN(CC(C)C(N)=S)C(=O)c1cc(Br)c(Br)s1. The van der Waals surface area contributed by atoms with Crippen LogP contribution >= 0.6 is 55.4 Å². The van der Waals surface area contributed by atoms with Gasteiger partial charge in [0.15, 0.2) is 0 Å². The number of nitrogens with two attached hydrogens (primary N) is 1. The minimum Gasteiger partial charge on any atom is -0.393 e. The Kier molecular flexibility index (Phi) is 6.23. The Labute approximate surface area is 133 Å². The van der Waals surface area contributed by atoms with Crippen LogP contribution in [0.2, 0.25) is 0 Å². The van der Waals surface area contributed by atoms with Crippen LogP contribution in [0.1, 0.15) is 23.5 Å². The molecule has 0 fully saturated rings. The summed E-state index contributed by atoms with van der Waals surface area (Å²) in [5.74, 6) is 0.0349. The molecule has 0 aromatic carbocycles. The number of carbonyl (C=O) groups is 1. The fourth-order valence-corrected chi connectivity index (χ4v) is 3.46. The first-order valence-electron chi connectivity index (χ1n) is 5.40. The molecule has 1 atom stereocenters. The van der Waals surface area contributed by atoms with E-state index in [-0.39, 0.29) is 11.8 Å². The average molecular weight is 414 g/mol. The van der Waals surface area contributed by atoms with Crippen molar-refractivity contribution in [3.63, 3.8) is 0 Å². The van der Waals surface area contributed by atoms with Crippen LogP contribution in [0, 0.1) is 5.92 Å². The largest absolute Gasteiger partial charge is 0.393 e. The van der Waals surface area contributed by atoms with Crippen LogP contribution in [0.25, 0.3) is 0 Å². The van der Waals surface area contributed by atoms with Crippen molar-refractivity contribution < 1.29 is 4.79 Å². The lowest BCUT2D eigenvalue weighted by Gasteiger charge is -2.23. The fraction of sp³-hybridized carbons (Fsp3) is 0.455. The summed E-state index contributed by atoms with van der Waals surface area (Å²) in [7, 11) is 0. The normalized spacial score (nSPS) is 12.2. The number of thiocarbonyl (C=S) groups is 1. The van der Waals surface area contributed by atoms with Gasteiger partial charge in [-0.05, 0) is 44.8 Å². The zero-order valence-electron chi connectivity index (χ0n) is 10.1. The van der Waals surface area contributed by atoms with Gasteiger partial charge in [-0.3, -0.25) is 4.79 Å². The molecular formula is C11H14Br2N2OS2. The van der Waals surface area contributed by atoms with Crippen molar-refractivity contribution in [1.82, 2.24) is 4.90 Å². The van der Waals surface area contributed by atoms with Crippen molar-refractivity contribution >= 4 is 66.3 Å². The Morgan fingerprint density at radius 3 is 2.61 bits per heavy atom. The number of rotatable bonds is 5. The molecule has 100 valence electrons. The molecule has 1 unspecified atom stereocenters. The van der Waals surface area contributed by atoms with E-state index in [0.717, 1.165) is 8.26 Å². The summed E-state index contributed by atoms with van der Waals surface area (Å²) < 4.78 is 1.82. The molecule has 1 aromatic heterocycles. The Morgan fingerprint density at radius 2 is 2.22 bits per heavy atom. The second kappa shape index (κ2) is 6.98. The van der Waals surface area contributed by atoms with Gasteiger partial charge in [0.2, 0.25) is 0 Å². The van der Waals surface area contributed by atoms with Gasteiger partial charge >= 0.3 is 0 Å². The van der Waals surface area contributed by atoms with Crippen LogP contribution in [-0.4, -0.2) is 28.9 Å². The maximum absolute atomic E-state index is 12.3. The number of halogens is 2. The maximum Gasteiger partial charge on any atom is 0.264 e. The molecule has 0 saturated heterocycles. The summed E-state index contributed by atoms with van der Waals surface area (Å²) in [6.07, 6.45) is 0. The van der Waals surface area contributed by atoms with Crippen molar-refractivity contribution in [1.29, 1.82) is 0 Å². The minimum absolute atomic E-state index is 0.0111. The number of amides is 1. The van der Waals surface area contributed by atoms with Gasteiger partial charge in [0, 0.05) is 23.5 Å². The van der Waals surface area contributed by atoms with Gasteiger partial charge in [-0.2, -0.15) is 0 Å². The standard InChI is InChI=1S/C11H14Br2N2OS2/c1-3-15(5-6(2)10(14)17)11(16)8-4-7(12)9(13)18-8/h4,6H,3,5H2,1-2H3,(H2,14,17). The van der Waals surface area contributed by atoms with Crippen molar-refractivity contribution in [2.45, 2.75) is 13.8 Å². The zero-order valence-corrected chi connectivity index (χ0v) is 14.9. The molecule has 0 aliphatic rings. The molecule has 0 bridgehead atoms. The van der Waals surface area contributed by atoms with Gasteiger partial charge in [0.25, 0.3) is 5.91 Å². The second-order valence-corrected chi connectivity index (χ2v) is 7.58. The predicted molar refractivity (Wildman–Crippen MR) is 87.2 cm³/mol. The third kappa shape index (κ3) is 4.01. The molecule has 0 spiro atoms. The van der Waals surface area contributed by atoms with Crippen LogP contribution < -0.4 is 5.73 Å². The Balaban J connectivity index is 2.82. The van der Waals surface area contributed by atoms with E-state index in [1.807, 2.05) is 19.9 Å². The molecule has 2 N–H and O–H groups in total. The highest BCUT2D eigenvalue weighted by Crippen LogP contribution is 2.33. The first-order valence-corrected chi connectivity index (χ1v) is 8.21. The molecule has 3 nitrogen and oxygen atoms in total. The third-order valence-electron chi connectivity index (χ3n) is 2.50. The monoisotopic (exact) mass is 412 g/mol. The quantitative estimate of drug-likeness (QED) is 0.749. The summed E-state index contributed by atoms with van der Waals surface area (Å²) in [4.78, 5) is 15.2. The zero-order chi connectivity index (χ0) is 13.9. The van der Waals surface area contributed by atoms with E-state index in [1.54, 1.807) is 4.90 Å². The van der Waals surface area contributed by atoms with Crippen LogP contribution in [0.3, 0.4) is 0 Å². The summed E-state index contributed by atoms with van der Waals surface area (Å²) in [5, 5.41) is 0. The molecule has 0 aliphatic carbocycles. The van der Waals surface area contributed by atoms with E-state index in [0.29, 0.717) is 23.0 Å². The van der Waals surface area contributed by atoms with E-state index in [9.17, 15) is 4.79 Å². The number of hydrogen-bond acceptors (Lipinski definition) is 3. The number of carbonyl (C=O) groups excluding carboxylic acids is 1. The van der Waals surface area contributed by atoms with E-state index in [2.05, 4.69) is 31.9 Å². The summed E-state index contributed by atoms with van der Waals surface area (Å²) >= 11 is 13.1. The highest BCUT2D eigenvalue weighted by molar-refractivity contribution is 9.13. The lowest BCUT2D eigenvalue weighted by Crippen LogP contribution is -2.37. The van der Waals surface area contributed by atoms with E-state index in [1.165, 1.54) is 11.3 Å². The van der Waals surface area contributed by atoms with E-state index < -0.39 is 0 Å². The van der Waals surface area contributed by atoms with Gasteiger partial charge in [0.05, 0.1) is 13.7 Å². The Morgan fingerprint density at radius 1 is 1.61 bits per heavy atom. The maximum atomic E-state index is 12.3. The highest BCUT2D eigenvalue weighted by Gasteiger charge is 2.20. The molecule has 0 saturated carbocycles. The second-order valence-electron chi connectivity index (χ2n) is 3.88. The van der Waals surface area contributed by atoms with E-state index >= 15 is 0 Å². The van der Waals surface area contributed by atoms with Gasteiger partial charge in [-0.25, -0.2) is 0 Å². The molecule has 7 heteroatoms. The Hall–Kier alpha value is 0.0200. The van der Waals surface area contributed by atoms with Crippen molar-refractivity contribution in [3.05, 3.63) is 19.2 Å². The molecule has 0 aliphatic heterocycles. The summed E-state index contributed by atoms with van der Waals surface area (Å²) in [6, 6.07) is 1.82. The van der Waals surface area contributed by atoms with Crippen LogP contribution in [-0.2, 0) is 0 Å². The molecule has 1 heterocycles. The topological polar surface area (TPSA) is 46.3 Å². The first kappa shape index (κ1) is 16.1. The number of hydrogen-bond donors (Lipinski definition) is 1. The molecule has 1 amide bonds. The molecule has 18 heavy (non-hydrogen) atoms. The lowest BCUT2D eigenvalue weighted by atomic mass is 10.1. The van der Waals surface area contributed by atoms with Gasteiger partial charge in [-0.15, -0.1) is 11.3 Å². The lowest BCUT2D eigenvalue weighted by molar-refractivity contribution is 0.0759. The van der Waals surface area contributed by atoms with Crippen LogP contribution in [0.15, 0.2) is 14.3 Å². The van der Waals surface area contributed by atoms with Crippen molar-refractivity contribution in [2.75, 3.05) is 13.1 Å². The minimum atomic E-state index is 0.0111. The third-order valence-corrected chi connectivity index (χ3v) is 6.15. The molecular weight excluding hydrogens is 400 g/mol. The first-order chi connectivity index (χ1) is 8.36. The predicted octanol–water partition coefficient (Wildman–Crippen LogP) is 3.66. The molecule has 1 rings (SSSR count). The van der Waals surface area contributed by atoms with Crippen LogP contribution in [0.5, 0.6) is 0 Å². The average Bonchev–Trinajstić information content (AvgIpc) is 2.65. The van der Waals surface area contributed by atoms with E-state index in [4.69, 9.17) is 18.0 Å². The van der Waals surface area contributed by atoms with Gasteiger partial charge in [-0.1, -0.05) is 19.1 Å². The van der Waals surface area contributed by atoms with Crippen LogP contribution in [0.4, 0.5) is 0 Å². The smallest absolute Gasteiger partial charge is 0.264 e. The molecule has 1 aromatic rings. The number of nitrogens with zero attached hydrogens (tertiary/aromatic N) is 1. The Bertz CT molecular complexity index is 442. The van der Waals surface area contributed by atoms with Crippen molar-refractivity contribution in [2.24, 2.45) is 11.7 Å². The van der Waals surface area contributed by atoms with Gasteiger partial charge in [0.1, 0.15) is 0 Å². The number of thiophene rings is 1. The van der Waals surface area contributed by atoms with Gasteiger partial charge < -0.3 is 10.6 Å².